The molecule has 1 unspecified atom stereocenters. The third kappa shape index (κ3) is 3.46. The van der Waals surface area contributed by atoms with E-state index in [0.717, 1.165) is 5.56 Å². The number of hydrogen-bond acceptors (Lipinski definition) is 3. The molecule has 0 amide bonds. The van der Waals surface area contributed by atoms with E-state index in [4.69, 9.17) is 9.84 Å². The standard InChI is InChI=1S/C16H24NO3/c1-5-15(19)20-16(2,14-10-7-6-8-11-14)17(3,4)12-9-13-18/h5-8,10-11,18H,1,9,12-13H2,2-4H3/q+1. The van der Waals surface area contributed by atoms with Crippen molar-refractivity contribution in [3.63, 3.8) is 0 Å². The number of hydrogen-bond donors (Lipinski definition) is 1. The zero-order valence-corrected chi connectivity index (χ0v) is 12.5. The van der Waals surface area contributed by atoms with Crippen molar-refractivity contribution in [1.82, 2.24) is 0 Å². The van der Waals surface area contributed by atoms with Gasteiger partial charge in [-0.15, -0.1) is 0 Å². The minimum atomic E-state index is -0.832. The first-order valence-electron chi connectivity index (χ1n) is 6.72. The van der Waals surface area contributed by atoms with Crippen molar-refractivity contribution in [2.45, 2.75) is 19.1 Å². The van der Waals surface area contributed by atoms with Crippen LogP contribution in [0.15, 0.2) is 43.0 Å². The van der Waals surface area contributed by atoms with Crippen LogP contribution in [0.3, 0.4) is 0 Å². The van der Waals surface area contributed by atoms with Gasteiger partial charge in [-0.3, -0.25) is 4.48 Å². The Morgan fingerprint density at radius 3 is 2.50 bits per heavy atom. The van der Waals surface area contributed by atoms with E-state index in [1.54, 1.807) is 0 Å². The zero-order chi connectivity index (χ0) is 15.2. The van der Waals surface area contributed by atoms with Crippen molar-refractivity contribution in [3.8, 4) is 0 Å². The Morgan fingerprint density at radius 1 is 1.40 bits per heavy atom. The van der Waals surface area contributed by atoms with Gasteiger partial charge >= 0.3 is 5.97 Å². The summed E-state index contributed by atoms with van der Waals surface area (Å²) in [5.41, 5.74) is 0.0833. The zero-order valence-electron chi connectivity index (χ0n) is 12.5. The van der Waals surface area contributed by atoms with Crippen LogP contribution >= 0.6 is 0 Å². The lowest BCUT2D eigenvalue weighted by Crippen LogP contribution is -2.58. The smallest absolute Gasteiger partial charge is 0.335 e. The van der Waals surface area contributed by atoms with Gasteiger partial charge in [0.1, 0.15) is 0 Å². The second-order valence-electron chi connectivity index (χ2n) is 5.46. The average molecular weight is 278 g/mol. The minimum Gasteiger partial charge on any atom is -0.402 e. The van der Waals surface area contributed by atoms with Crippen LogP contribution in [0.2, 0.25) is 0 Å². The van der Waals surface area contributed by atoms with Crippen molar-refractivity contribution in [2.75, 3.05) is 27.2 Å². The number of aliphatic hydroxyl groups excluding tert-OH is 1. The van der Waals surface area contributed by atoms with Gasteiger partial charge in [-0.05, 0) is 12.1 Å². The number of aliphatic hydroxyl groups is 1. The molecule has 0 radical (unpaired) electrons. The first kappa shape index (κ1) is 16.4. The second-order valence-corrected chi connectivity index (χ2v) is 5.46. The van der Waals surface area contributed by atoms with Crippen LogP contribution in [-0.4, -0.2) is 42.8 Å². The van der Waals surface area contributed by atoms with E-state index in [1.807, 2.05) is 51.4 Å². The van der Waals surface area contributed by atoms with Gasteiger partial charge in [-0.2, -0.15) is 0 Å². The Balaban J connectivity index is 3.19. The Bertz CT molecular complexity index is 456. The maximum Gasteiger partial charge on any atom is 0.335 e. The summed E-state index contributed by atoms with van der Waals surface area (Å²) >= 11 is 0. The summed E-state index contributed by atoms with van der Waals surface area (Å²) in [6, 6.07) is 9.64. The molecule has 1 rings (SSSR count). The van der Waals surface area contributed by atoms with E-state index < -0.39 is 11.7 Å². The predicted octanol–water partition coefficient (Wildman–Crippen LogP) is 2.05. The lowest BCUT2D eigenvalue weighted by Gasteiger charge is -2.45. The number of carbonyl (C=O) groups is 1. The number of rotatable bonds is 7. The molecule has 20 heavy (non-hydrogen) atoms. The molecule has 1 aromatic rings. The van der Waals surface area contributed by atoms with Gasteiger partial charge in [0.2, 0.25) is 0 Å². The Hall–Kier alpha value is -1.65. The summed E-state index contributed by atoms with van der Waals surface area (Å²) in [7, 11) is 3.97. The van der Waals surface area contributed by atoms with E-state index in [1.165, 1.54) is 6.08 Å². The fourth-order valence-electron chi connectivity index (χ4n) is 2.20. The van der Waals surface area contributed by atoms with Crippen molar-refractivity contribution in [2.24, 2.45) is 0 Å². The highest BCUT2D eigenvalue weighted by Gasteiger charge is 2.46. The number of benzene rings is 1. The highest BCUT2D eigenvalue weighted by Crippen LogP contribution is 2.34. The van der Waals surface area contributed by atoms with Crippen LogP contribution in [0.25, 0.3) is 0 Å². The molecule has 4 heteroatoms. The van der Waals surface area contributed by atoms with Gasteiger partial charge in [0, 0.05) is 26.0 Å². The first-order chi connectivity index (χ1) is 9.37. The molecule has 0 spiro atoms. The molecule has 0 saturated heterocycles. The summed E-state index contributed by atoms with van der Waals surface area (Å²) in [6.45, 7) is 6.15. The number of quaternary nitrogens is 1. The number of esters is 1. The van der Waals surface area contributed by atoms with Gasteiger partial charge < -0.3 is 9.84 Å². The molecule has 0 heterocycles. The van der Waals surface area contributed by atoms with Crippen molar-refractivity contribution < 1.29 is 19.1 Å². The van der Waals surface area contributed by atoms with E-state index in [9.17, 15) is 4.79 Å². The molecule has 4 nitrogen and oxygen atoms in total. The molecule has 0 aromatic heterocycles. The molecular weight excluding hydrogens is 254 g/mol. The van der Waals surface area contributed by atoms with Gasteiger partial charge in [0.25, 0.3) is 5.72 Å². The summed E-state index contributed by atoms with van der Waals surface area (Å²) in [4.78, 5) is 11.7. The summed E-state index contributed by atoms with van der Waals surface area (Å²) < 4.78 is 6.10. The predicted molar refractivity (Wildman–Crippen MR) is 78.8 cm³/mol. The SMILES string of the molecule is C=CC(=O)OC(C)(c1ccccc1)[N+](C)(C)CCCO. The quantitative estimate of drug-likeness (QED) is 0.359. The van der Waals surface area contributed by atoms with Gasteiger partial charge in [0.05, 0.1) is 26.2 Å². The highest BCUT2D eigenvalue weighted by molar-refractivity contribution is 5.81. The third-order valence-corrected chi connectivity index (χ3v) is 3.81. The minimum absolute atomic E-state index is 0.113. The molecule has 0 fully saturated rings. The van der Waals surface area contributed by atoms with Crippen LogP contribution in [-0.2, 0) is 15.3 Å². The molecule has 1 aromatic carbocycles. The fraction of sp³-hybridized carbons (Fsp3) is 0.438. The van der Waals surface area contributed by atoms with Crippen molar-refractivity contribution >= 4 is 5.97 Å². The molecule has 1 atom stereocenters. The molecular formula is C16H24NO3+. The highest BCUT2D eigenvalue weighted by atomic mass is 16.6. The Morgan fingerprint density at radius 2 is 2.00 bits per heavy atom. The van der Waals surface area contributed by atoms with Crippen LogP contribution in [0.1, 0.15) is 18.9 Å². The van der Waals surface area contributed by atoms with Crippen LogP contribution in [0.4, 0.5) is 0 Å². The van der Waals surface area contributed by atoms with E-state index in [0.29, 0.717) is 17.4 Å². The fourth-order valence-corrected chi connectivity index (χ4v) is 2.20. The molecule has 0 aliphatic heterocycles. The molecule has 0 aliphatic rings. The average Bonchev–Trinajstić information content (AvgIpc) is 2.45. The molecule has 110 valence electrons. The van der Waals surface area contributed by atoms with Gasteiger partial charge in [-0.1, -0.05) is 24.8 Å². The van der Waals surface area contributed by atoms with Crippen LogP contribution in [0.5, 0.6) is 0 Å². The Labute approximate surface area is 120 Å². The number of nitrogens with zero attached hydrogens (tertiary/aromatic N) is 1. The summed E-state index contributed by atoms with van der Waals surface area (Å²) in [6.07, 6.45) is 1.81. The first-order valence-corrected chi connectivity index (χ1v) is 6.72. The van der Waals surface area contributed by atoms with E-state index in [-0.39, 0.29) is 6.61 Å². The van der Waals surface area contributed by atoms with E-state index >= 15 is 0 Å². The number of ether oxygens (including phenoxy) is 1. The third-order valence-electron chi connectivity index (χ3n) is 3.81. The van der Waals surface area contributed by atoms with Gasteiger partial charge in [-0.25, -0.2) is 4.79 Å². The maximum absolute atomic E-state index is 11.7. The number of carbonyl (C=O) groups excluding carboxylic acids is 1. The van der Waals surface area contributed by atoms with Gasteiger partial charge in [0.15, 0.2) is 0 Å². The summed E-state index contributed by atoms with van der Waals surface area (Å²) in [5, 5.41) is 9.06. The largest absolute Gasteiger partial charge is 0.402 e. The Kier molecular flexibility index (Phi) is 5.48. The van der Waals surface area contributed by atoms with Crippen molar-refractivity contribution in [1.29, 1.82) is 0 Å². The monoisotopic (exact) mass is 278 g/mol. The maximum atomic E-state index is 11.7. The molecule has 0 aliphatic carbocycles. The van der Waals surface area contributed by atoms with Crippen LogP contribution in [0, 0.1) is 0 Å². The lowest BCUT2D eigenvalue weighted by atomic mass is 10.0. The lowest BCUT2D eigenvalue weighted by molar-refractivity contribution is -0.971. The second kappa shape index (κ2) is 6.68. The van der Waals surface area contributed by atoms with E-state index in [2.05, 4.69) is 6.58 Å². The summed E-state index contributed by atoms with van der Waals surface area (Å²) in [5.74, 6) is -0.452. The molecule has 1 N–H and O–H groups in total. The molecule has 0 saturated carbocycles. The van der Waals surface area contributed by atoms with Crippen LogP contribution < -0.4 is 0 Å². The van der Waals surface area contributed by atoms with Crippen molar-refractivity contribution in [3.05, 3.63) is 48.6 Å². The topological polar surface area (TPSA) is 46.5 Å². The molecule has 0 bridgehead atoms. The normalized spacial score (nSPS) is 14.4.